The molecule has 0 radical (unpaired) electrons. The van der Waals surface area contributed by atoms with Crippen LogP contribution in [0.3, 0.4) is 0 Å². The average Bonchev–Trinajstić information content (AvgIpc) is 2.66. The lowest BCUT2D eigenvalue weighted by Crippen LogP contribution is -2.30. The fraction of sp³-hybridized carbons (Fsp3) is 0.211. The molecule has 0 aliphatic heterocycles. The van der Waals surface area contributed by atoms with Crippen molar-refractivity contribution in [1.29, 1.82) is 0 Å². The quantitative estimate of drug-likeness (QED) is 0.738. The van der Waals surface area contributed by atoms with Crippen molar-refractivity contribution < 1.29 is 32.3 Å². The van der Waals surface area contributed by atoms with Crippen molar-refractivity contribution in [3.05, 3.63) is 65.2 Å². The number of esters is 1. The van der Waals surface area contributed by atoms with Crippen LogP contribution in [0.2, 0.25) is 0 Å². The molecule has 2 aromatic rings. The molecule has 0 heterocycles. The van der Waals surface area contributed by atoms with Gasteiger partial charge >= 0.3 is 12.1 Å². The first-order chi connectivity index (χ1) is 13.2. The highest BCUT2D eigenvalue weighted by Crippen LogP contribution is 2.29. The first-order valence-electron chi connectivity index (χ1n) is 8.10. The molecule has 0 bridgehead atoms. The van der Waals surface area contributed by atoms with Crippen LogP contribution in [0.1, 0.15) is 21.5 Å². The molecule has 2 amide bonds. The molecule has 0 unspecified atom stereocenters. The second-order valence-electron chi connectivity index (χ2n) is 5.76. The highest BCUT2D eigenvalue weighted by molar-refractivity contribution is 5.97. The second kappa shape index (κ2) is 9.03. The number of halogens is 3. The van der Waals surface area contributed by atoms with E-state index >= 15 is 0 Å². The molecule has 9 heteroatoms. The van der Waals surface area contributed by atoms with Crippen molar-refractivity contribution in [3.63, 3.8) is 0 Å². The number of amides is 2. The number of rotatable bonds is 6. The van der Waals surface area contributed by atoms with Gasteiger partial charge in [-0.05, 0) is 42.0 Å². The van der Waals surface area contributed by atoms with Crippen LogP contribution in [0.5, 0.6) is 0 Å². The van der Waals surface area contributed by atoms with Gasteiger partial charge in [0.25, 0.3) is 5.91 Å². The van der Waals surface area contributed by atoms with E-state index in [2.05, 4.69) is 15.4 Å². The number of nitrogens with one attached hydrogen (secondary N) is 2. The minimum atomic E-state index is -4.42. The van der Waals surface area contributed by atoms with Gasteiger partial charge in [-0.1, -0.05) is 12.1 Å². The van der Waals surface area contributed by atoms with Gasteiger partial charge in [-0.25, -0.2) is 0 Å². The fourth-order valence-corrected chi connectivity index (χ4v) is 2.23. The number of benzene rings is 2. The zero-order valence-electron chi connectivity index (χ0n) is 14.8. The maximum absolute atomic E-state index is 12.5. The summed E-state index contributed by atoms with van der Waals surface area (Å²) in [5.41, 5.74) is 0.355. The van der Waals surface area contributed by atoms with Crippen LogP contribution in [-0.4, -0.2) is 31.4 Å². The highest BCUT2D eigenvalue weighted by Gasteiger charge is 2.29. The number of methoxy groups -OCH3 is 1. The Morgan fingerprint density at radius 2 is 1.57 bits per heavy atom. The van der Waals surface area contributed by atoms with E-state index in [0.29, 0.717) is 11.3 Å². The zero-order valence-corrected chi connectivity index (χ0v) is 14.8. The summed E-state index contributed by atoms with van der Waals surface area (Å²) < 4.78 is 42.0. The van der Waals surface area contributed by atoms with Crippen LogP contribution < -0.4 is 10.6 Å². The van der Waals surface area contributed by atoms with Gasteiger partial charge in [0.15, 0.2) is 0 Å². The van der Waals surface area contributed by atoms with Gasteiger partial charge < -0.3 is 15.4 Å². The molecule has 0 saturated carbocycles. The number of ether oxygens (including phenoxy) is 1. The molecule has 0 fully saturated rings. The molecule has 2 N–H and O–H groups in total. The van der Waals surface area contributed by atoms with Gasteiger partial charge in [0.05, 0.1) is 19.1 Å². The van der Waals surface area contributed by atoms with Crippen LogP contribution in [0, 0.1) is 0 Å². The molecule has 0 spiro atoms. The van der Waals surface area contributed by atoms with Gasteiger partial charge in [0, 0.05) is 11.3 Å². The lowest BCUT2D eigenvalue weighted by Gasteiger charge is -2.09. The number of anilines is 1. The zero-order chi connectivity index (χ0) is 20.7. The van der Waals surface area contributed by atoms with Crippen LogP contribution in [0.25, 0.3) is 0 Å². The molecule has 0 saturated heterocycles. The Kier molecular flexibility index (Phi) is 6.75. The van der Waals surface area contributed by atoms with Crippen molar-refractivity contribution in [2.75, 3.05) is 19.0 Å². The summed E-state index contributed by atoms with van der Waals surface area (Å²) >= 11 is 0. The standard InChI is InChI=1S/C19H17F3N2O4/c1-28-17(26)11-23-18(27)13-4-8-15(9-5-13)24-16(25)10-12-2-6-14(7-3-12)19(20,21)22/h2-9H,10-11H2,1H3,(H,23,27)(H,24,25). The predicted octanol–water partition coefficient (Wildman–Crippen LogP) is 2.79. The molecule has 28 heavy (non-hydrogen) atoms. The Bertz CT molecular complexity index is 847. The molecule has 0 atom stereocenters. The molecular weight excluding hydrogens is 377 g/mol. The van der Waals surface area contributed by atoms with Gasteiger partial charge in [-0.15, -0.1) is 0 Å². The summed E-state index contributed by atoms with van der Waals surface area (Å²) in [6, 6.07) is 10.2. The van der Waals surface area contributed by atoms with Crippen LogP contribution in [-0.2, 0) is 26.9 Å². The summed E-state index contributed by atoms with van der Waals surface area (Å²) in [5.74, 6) is -1.48. The lowest BCUT2D eigenvalue weighted by atomic mass is 10.1. The number of hydrogen-bond donors (Lipinski definition) is 2. The van der Waals surface area contributed by atoms with Crippen LogP contribution >= 0.6 is 0 Å². The van der Waals surface area contributed by atoms with Gasteiger partial charge in [0.2, 0.25) is 5.91 Å². The van der Waals surface area contributed by atoms with Crippen LogP contribution in [0.15, 0.2) is 48.5 Å². The molecule has 6 nitrogen and oxygen atoms in total. The van der Waals surface area contributed by atoms with E-state index in [9.17, 15) is 27.6 Å². The average molecular weight is 394 g/mol. The van der Waals surface area contributed by atoms with E-state index in [1.807, 2.05) is 0 Å². The van der Waals surface area contributed by atoms with Gasteiger partial charge in [-0.3, -0.25) is 14.4 Å². The maximum Gasteiger partial charge on any atom is 0.416 e. The smallest absolute Gasteiger partial charge is 0.416 e. The lowest BCUT2D eigenvalue weighted by molar-refractivity contribution is -0.139. The molecule has 0 aromatic heterocycles. The Morgan fingerprint density at radius 3 is 2.11 bits per heavy atom. The van der Waals surface area contributed by atoms with Crippen LogP contribution in [0.4, 0.5) is 18.9 Å². The third-order valence-electron chi connectivity index (χ3n) is 3.70. The Hall–Kier alpha value is -3.36. The van der Waals surface area contributed by atoms with E-state index in [1.165, 1.54) is 43.5 Å². The fourth-order valence-electron chi connectivity index (χ4n) is 2.23. The van der Waals surface area contributed by atoms with E-state index in [0.717, 1.165) is 12.1 Å². The molecular formula is C19H17F3N2O4. The minimum absolute atomic E-state index is 0.0977. The van der Waals surface area contributed by atoms with Crippen molar-refractivity contribution in [2.45, 2.75) is 12.6 Å². The monoisotopic (exact) mass is 394 g/mol. The summed E-state index contributed by atoms with van der Waals surface area (Å²) in [7, 11) is 1.21. The van der Waals surface area contributed by atoms with Crippen molar-refractivity contribution in [2.24, 2.45) is 0 Å². The largest absolute Gasteiger partial charge is 0.468 e. The van der Waals surface area contributed by atoms with Crippen molar-refractivity contribution >= 4 is 23.5 Å². The normalized spacial score (nSPS) is 10.9. The minimum Gasteiger partial charge on any atom is -0.468 e. The predicted molar refractivity (Wildman–Crippen MR) is 94.6 cm³/mol. The Morgan fingerprint density at radius 1 is 0.964 bits per heavy atom. The first-order valence-corrected chi connectivity index (χ1v) is 8.10. The van der Waals surface area contributed by atoms with Gasteiger partial charge in [0.1, 0.15) is 6.54 Å². The van der Waals surface area contributed by atoms with Gasteiger partial charge in [-0.2, -0.15) is 13.2 Å². The highest BCUT2D eigenvalue weighted by atomic mass is 19.4. The number of alkyl halides is 3. The molecule has 0 aliphatic rings. The number of carbonyl (C=O) groups excluding carboxylic acids is 3. The Labute approximate surface area is 158 Å². The summed E-state index contributed by atoms with van der Waals surface area (Å²) in [5, 5.41) is 4.97. The third-order valence-corrected chi connectivity index (χ3v) is 3.70. The topological polar surface area (TPSA) is 84.5 Å². The van der Waals surface area contributed by atoms with E-state index < -0.39 is 29.5 Å². The van der Waals surface area contributed by atoms with E-state index in [4.69, 9.17) is 0 Å². The Balaban J connectivity index is 1.90. The molecule has 148 valence electrons. The molecule has 0 aliphatic carbocycles. The first kappa shape index (κ1) is 20.9. The third kappa shape index (κ3) is 6.11. The summed E-state index contributed by atoms with van der Waals surface area (Å²) in [4.78, 5) is 34.9. The van der Waals surface area contributed by atoms with Crippen molar-refractivity contribution in [1.82, 2.24) is 5.32 Å². The number of hydrogen-bond acceptors (Lipinski definition) is 4. The summed E-state index contributed by atoms with van der Waals surface area (Å²) in [6.45, 7) is -0.263. The second-order valence-corrected chi connectivity index (χ2v) is 5.76. The van der Waals surface area contributed by atoms with E-state index in [1.54, 1.807) is 0 Å². The molecule has 2 rings (SSSR count). The van der Waals surface area contributed by atoms with E-state index in [-0.39, 0.29) is 18.5 Å². The number of carbonyl (C=O) groups is 3. The SMILES string of the molecule is COC(=O)CNC(=O)c1ccc(NC(=O)Cc2ccc(C(F)(F)F)cc2)cc1. The molecule has 2 aromatic carbocycles. The summed E-state index contributed by atoms with van der Waals surface area (Å²) in [6.07, 6.45) is -4.52. The van der Waals surface area contributed by atoms with Crippen molar-refractivity contribution in [3.8, 4) is 0 Å². The maximum atomic E-state index is 12.5.